The summed E-state index contributed by atoms with van der Waals surface area (Å²) < 4.78 is 5.15. The molecule has 0 fully saturated rings. The zero-order valence-corrected chi connectivity index (χ0v) is 11.6. The Morgan fingerprint density at radius 3 is 2.95 bits per heavy atom. The summed E-state index contributed by atoms with van der Waals surface area (Å²) in [5, 5.41) is 5.83. The Bertz CT molecular complexity index is 552. The molecule has 2 N–H and O–H groups in total. The normalized spacial score (nSPS) is 10.6. The van der Waals surface area contributed by atoms with E-state index in [2.05, 4.69) is 34.4 Å². The maximum atomic E-state index is 12.0. The average Bonchev–Trinajstić information content (AvgIpc) is 2.96. The molecule has 1 amide bonds. The molecule has 2 rings (SSSR count). The molecule has 0 unspecified atom stereocenters. The first-order valence-electron chi connectivity index (χ1n) is 6.52. The number of hydrogen-bond donors (Lipinski definition) is 2. The molecule has 0 atom stereocenters. The van der Waals surface area contributed by atoms with E-state index in [0.29, 0.717) is 29.9 Å². The van der Waals surface area contributed by atoms with Crippen molar-refractivity contribution in [2.45, 2.75) is 20.4 Å². The van der Waals surface area contributed by atoms with Gasteiger partial charge in [-0.05, 0) is 24.1 Å². The zero-order valence-electron chi connectivity index (χ0n) is 11.6. The van der Waals surface area contributed by atoms with Gasteiger partial charge < -0.3 is 15.1 Å². The Labute approximate surface area is 117 Å². The molecule has 20 heavy (non-hydrogen) atoms. The average molecular weight is 274 g/mol. The first-order valence-corrected chi connectivity index (χ1v) is 6.52. The number of carbonyl (C=O) groups excluding carboxylic acids is 1. The highest BCUT2D eigenvalue weighted by atomic mass is 16.3. The number of nitrogens with zero attached hydrogens (tertiary/aromatic N) is 2. The Kier molecular flexibility index (Phi) is 4.70. The summed E-state index contributed by atoms with van der Waals surface area (Å²) in [5.74, 6) is 1.39. The Balaban J connectivity index is 1.93. The van der Waals surface area contributed by atoms with Gasteiger partial charge >= 0.3 is 0 Å². The van der Waals surface area contributed by atoms with Gasteiger partial charge in [0, 0.05) is 12.7 Å². The monoisotopic (exact) mass is 274 g/mol. The predicted octanol–water partition coefficient (Wildman–Crippen LogP) is 2.07. The Morgan fingerprint density at radius 2 is 2.25 bits per heavy atom. The molecular formula is C14H18N4O2. The molecule has 0 aliphatic rings. The van der Waals surface area contributed by atoms with Crippen LogP contribution >= 0.6 is 0 Å². The van der Waals surface area contributed by atoms with Crippen LogP contribution in [0.25, 0.3) is 0 Å². The van der Waals surface area contributed by atoms with Crippen LogP contribution in [0.3, 0.4) is 0 Å². The molecule has 2 aromatic rings. The highest BCUT2D eigenvalue weighted by Gasteiger charge is 2.09. The molecule has 0 radical (unpaired) electrons. The number of nitrogens with one attached hydrogen (secondary N) is 2. The van der Waals surface area contributed by atoms with E-state index < -0.39 is 0 Å². The van der Waals surface area contributed by atoms with E-state index in [4.69, 9.17) is 4.42 Å². The number of hydrogen-bond acceptors (Lipinski definition) is 5. The second-order valence-corrected chi connectivity index (χ2v) is 4.80. The number of anilines is 1. The van der Waals surface area contributed by atoms with E-state index in [9.17, 15) is 4.79 Å². The van der Waals surface area contributed by atoms with Crippen molar-refractivity contribution in [3.8, 4) is 0 Å². The maximum absolute atomic E-state index is 12.0. The molecule has 0 aliphatic heterocycles. The number of furan rings is 1. The largest absolute Gasteiger partial charge is 0.467 e. The van der Waals surface area contributed by atoms with Gasteiger partial charge in [0.1, 0.15) is 11.5 Å². The van der Waals surface area contributed by atoms with Crippen molar-refractivity contribution in [1.82, 2.24) is 15.3 Å². The van der Waals surface area contributed by atoms with Gasteiger partial charge in [0.25, 0.3) is 5.91 Å². The quantitative estimate of drug-likeness (QED) is 0.843. The van der Waals surface area contributed by atoms with Gasteiger partial charge in [-0.2, -0.15) is 0 Å². The van der Waals surface area contributed by atoms with Gasteiger partial charge in [-0.25, -0.2) is 9.97 Å². The van der Waals surface area contributed by atoms with Crippen LogP contribution in [-0.2, 0) is 6.54 Å². The Hall–Kier alpha value is -2.37. The van der Waals surface area contributed by atoms with Crippen molar-refractivity contribution in [3.05, 3.63) is 42.1 Å². The molecule has 2 aromatic heterocycles. The van der Waals surface area contributed by atoms with E-state index in [-0.39, 0.29) is 5.91 Å². The van der Waals surface area contributed by atoms with Crippen LogP contribution < -0.4 is 10.6 Å². The number of carbonyl (C=O) groups is 1. The van der Waals surface area contributed by atoms with Crippen LogP contribution in [0.2, 0.25) is 0 Å². The van der Waals surface area contributed by atoms with Gasteiger partial charge in [-0.15, -0.1) is 0 Å². The molecule has 0 bridgehead atoms. The van der Waals surface area contributed by atoms with Crippen LogP contribution in [0.5, 0.6) is 0 Å². The van der Waals surface area contributed by atoms with E-state index >= 15 is 0 Å². The fourth-order valence-electron chi connectivity index (χ4n) is 1.54. The summed E-state index contributed by atoms with van der Waals surface area (Å²) >= 11 is 0. The minimum Gasteiger partial charge on any atom is -0.467 e. The number of rotatable bonds is 6. The van der Waals surface area contributed by atoms with E-state index in [0.717, 1.165) is 6.54 Å². The van der Waals surface area contributed by atoms with Crippen LogP contribution in [0.4, 0.5) is 5.95 Å². The molecule has 106 valence electrons. The molecule has 0 aromatic carbocycles. The van der Waals surface area contributed by atoms with Gasteiger partial charge in [-0.3, -0.25) is 4.79 Å². The van der Waals surface area contributed by atoms with E-state index in [1.165, 1.54) is 0 Å². The summed E-state index contributed by atoms with van der Waals surface area (Å²) in [7, 11) is 0. The van der Waals surface area contributed by atoms with Crippen LogP contribution in [0.15, 0.2) is 35.1 Å². The maximum Gasteiger partial charge on any atom is 0.270 e. The lowest BCUT2D eigenvalue weighted by Gasteiger charge is -2.08. The lowest BCUT2D eigenvalue weighted by molar-refractivity contribution is 0.0943. The summed E-state index contributed by atoms with van der Waals surface area (Å²) in [6, 6.07) is 5.16. The smallest absolute Gasteiger partial charge is 0.270 e. The van der Waals surface area contributed by atoms with Crippen molar-refractivity contribution in [3.63, 3.8) is 0 Å². The lowest BCUT2D eigenvalue weighted by atomic mass is 10.2. The number of aromatic nitrogens is 2. The second-order valence-electron chi connectivity index (χ2n) is 4.80. The first-order chi connectivity index (χ1) is 9.65. The molecule has 0 saturated carbocycles. The molecule has 0 spiro atoms. The SMILES string of the molecule is CC(C)CNc1nccc(C(=O)NCc2ccco2)n1. The predicted molar refractivity (Wildman–Crippen MR) is 75.2 cm³/mol. The van der Waals surface area contributed by atoms with E-state index in [1.54, 1.807) is 30.7 Å². The minimum atomic E-state index is -0.253. The van der Waals surface area contributed by atoms with Crippen molar-refractivity contribution >= 4 is 11.9 Å². The molecule has 6 nitrogen and oxygen atoms in total. The summed E-state index contributed by atoms with van der Waals surface area (Å²) in [6.45, 7) is 5.28. The minimum absolute atomic E-state index is 0.253. The second kappa shape index (κ2) is 6.70. The van der Waals surface area contributed by atoms with Crippen molar-refractivity contribution in [1.29, 1.82) is 0 Å². The molecular weight excluding hydrogens is 256 g/mol. The van der Waals surface area contributed by atoms with Crippen LogP contribution in [0.1, 0.15) is 30.1 Å². The third kappa shape index (κ3) is 4.08. The van der Waals surface area contributed by atoms with Gasteiger partial charge in [0.15, 0.2) is 0 Å². The number of amides is 1. The molecule has 6 heteroatoms. The van der Waals surface area contributed by atoms with Gasteiger partial charge in [0.05, 0.1) is 12.8 Å². The fraction of sp³-hybridized carbons (Fsp3) is 0.357. The molecule has 0 saturated heterocycles. The lowest BCUT2D eigenvalue weighted by Crippen LogP contribution is -2.24. The highest BCUT2D eigenvalue weighted by Crippen LogP contribution is 2.03. The fourth-order valence-corrected chi connectivity index (χ4v) is 1.54. The highest BCUT2D eigenvalue weighted by molar-refractivity contribution is 5.92. The third-order valence-corrected chi connectivity index (χ3v) is 2.56. The van der Waals surface area contributed by atoms with E-state index in [1.807, 2.05) is 0 Å². The molecule has 2 heterocycles. The van der Waals surface area contributed by atoms with Crippen molar-refractivity contribution < 1.29 is 9.21 Å². The van der Waals surface area contributed by atoms with Crippen LogP contribution in [-0.4, -0.2) is 22.4 Å². The summed E-state index contributed by atoms with van der Waals surface area (Å²) in [4.78, 5) is 20.2. The van der Waals surface area contributed by atoms with Gasteiger partial charge in [-0.1, -0.05) is 13.8 Å². The van der Waals surface area contributed by atoms with Gasteiger partial charge in [0.2, 0.25) is 5.95 Å². The molecule has 0 aliphatic carbocycles. The summed E-state index contributed by atoms with van der Waals surface area (Å²) in [5.41, 5.74) is 0.331. The third-order valence-electron chi connectivity index (χ3n) is 2.56. The zero-order chi connectivity index (χ0) is 14.4. The topological polar surface area (TPSA) is 80.0 Å². The van der Waals surface area contributed by atoms with Crippen molar-refractivity contribution in [2.24, 2.45) is 5.92 Å². The standard InChI is InChI=1S/C14H18N4O2/c1-10(2)8-17-14-15-6-5-12(18-14)13(19)16-9-11-4-3-7-20-11/h3-7,10H,8-9H2,1-2H3,(H,16,19)(H,15,17,18). The first kappa shape index (κ1) is 14.0. The van der Waals surface area contributed by atoms with Crippen LogP contribution in [0, 0.1) is 5.92 Å². The Morgan fingerprint density at radius 1 is 1.40 bits per heavy atom. The van der Waals surface area contributed by atoms with Crippen molar-refractivity contribution in [2.75, 3.05) is 11.9 Å². The summed E-state index contributed by atoms with van der Waals surface area (Å²) in [6.07, 6.45) is 3.14.